The van der Waals surface area contributed by atoms with Gasteiger partial charge >= 0.3 is 0 Å². The van der Waals surface area contributed by atoms with Gasteiger partial charge in [0, 0.05) is 24.8 Å². The summed E-state index contributed by atoms with van der Waals surface area (Å²) in [4.78, 5) is 4.41. The van der Waals surface area contributed by atoms with Crippen molar-refractivity contribution in [3.63, 3.8) is 0 Å². The summed E-state index contributed by atoms with van der Waals surface area (Å²) in [6.07, 6.45) is 10.8. The van der Waals surface area contributed by atoms with Gasteiger partial charge in [-0.3, -0.25) is 0 Å². The van der Waals surface area contributed by atoms with Gasteiger partial charge in [0.1, 0.15) is 0 Å². The lowest BCUT2D eigenvalue weighted by Gasteiger charge is -2.30. The van der Waals surface area contributed by atoms with E-state index in [4.69, 9.17) is 0 Å². The Hall–Kier alpha value is -0.480. The first-order chi connectivity index (χ1) is 9.33. The zero-order chi connectivity index (χ0) is 13.1. The van der Waals surface area contributed by atoms with Crippen LogP contribution in [0.15, 0.2) is 12.5 Å². The third-order valence-electron chi connectivity index (χ3n) is 4.51. The van der Waals surface area contributed by atoms with Crippen LogP contribution in [0.25, 0.3) is 0 Å². The van der Waals surface area contributed by atoms with E-state index in [1.54, 1.807) is 0 Å². The lowest BCUT2D eigenvalue weighted by Crippen LogP contribution is -2.35. The number of thioether (sulfide) groups is 1. The quantitative estimate of drug-likeness (QED) is 0.921. The van der Waals surface area contributed by atoms with Crippen LogP contribution in [-0.2, 0) is 6.54 Å². The van der Waals surface area contributed by atoms with Crippen molar-refractivity contribution in [2.75, 3.05) is 11.5 Å². The van der Waals surface area contributed by atoms with Crippen LogP contribution in [0.3, 0.4) is 0 Å². The van der Waals surface area contributed by atoms with E-state index in [0.717, 1.165) is 5.92 Å². The second kappa shape index (κ2) is 6.31. The molecular formula is C15H25N3S. The van der Waals surface area contributed by atoms with E-state index in [1.807, 2.05) is 6.33 Å². The molecule has 2 aliphatic rings. The van der Waals surface area contributed by atoms with Crippen LogP contribution in [0.5, 0.6) is 0 Å². The fourth-order valence-electron chi connectivity index (χ4n) is 3.35. The van der Waals surface area contributed by atoms with Gasteiger partial charge in [0.05, 0.1) is 12.0 Å². The number of hydrogen-bond acceptors (Lipinski definition) is 3. The number of hydrogen-bond donors (Lipinski definition) is 1. The zero-order valence-electron chi connectivity index (χ0n) is 11.8. The smallest absolute Gasteiger partial charge is 0.0948 e. The number of rotatable bonds is 3. The summed E-state index contributed by atoms with van der Waals surface area (Å²) < 4.78 is 2.41. The van der Waals surface area contributed by atoms with E-state index >= 15 is 0 Å². The van der Waals surface area contributed by atoms with Gasteiger partial charge < -0.3 is 9.88 Å². The maximum atomic E-state index is 4.41. The fraction of sp³-hybridized carbons (Fsp3) is 0.800. The molecule has 0 saturated carbocycles. The highest BCUT2D eigenvalue weighted by molar-refractivity contribution is 7.99. The molecular weight excluding hydrogens is 254 g/mol. The molecule has 3 nitrogen and oxygen atoms in total. The second-order valence-corrected chi connectivity index (χ2v) is 7.30. The van der Waals surface area contributed by atoms with Crippen LogP contribution >= 0.6 is 11.8 Å². The van der Waals surface area contributed by atoms with Crippen molar-refractivity contribution in [3.05, 3.63) is 18.2 Å². The molecule has 2 aliphatic heterocycles. The van der Waals surface area contributed by atoms with Gasteiger partial charge in [-0.15, -0.1) is 0 Å². The van der Waals surface area contributed by atoms with E-state index in [9.17, 15) is 0 Å². The predicted octanol–water partition coefficient (Wildman–Crippen LogP) is 3.23. The van der Waals surface area contributed by atoms with E-state index in [-0.39, 0.29) is 0 Å². The Bertz CT molecular complexity index is 398. The molecule has 0 aliphatic carbocycles. The Morgan fingerprint density at radius 2 is 2.16 bits per heavy atom. The standard InChI is InChI=1S/C15H25N3S/c1-12-3-2-4-14(17-12)15-9-16-11-18(15)10-13-5-7-19-8-6-13/h9,11-14,17H,2-8,10H2,1H3. The number of aromatic nitrogens is 2. The molecule has 106 valence electrons. The SMILES string of the molecule is CC1CCCC(c2cncn2CC2CCSCC2)N1. The molecule has 0 radical (unpaired) electrons. The van der Waals surface area contributed by atoms with Crippen LogP contribution < -0.4 is 5.32 Å². The maximum Gasteiger partial charge on any atom is 0.0948 e. The van der Waals surface area contributed by atoms with Gasteiger partial charge in [-0.25, -0.2) is 4.98 Å². The fourth-order valence-corrected chi connectivity index (χ4v) is 4.56. The van der Waals surface area contributed by atoms with E-state index < -0.39 is 0 Å². The average Bonchev–Trinajstić information content (AvgIpc) is 2.88. The van der Waals surface area contributed by atoms with Crippen molar-refractivity contribution < 1.29 is 0 Å². The highest BCUT2D eigenvalue weighted by atomic mass is 32.2. The normalized spacial score (nSPS) is 29.5. The topological polar surface area (TPSA) is 29.9 Å². The molecule has 0 amide bonds. The molecule has 3 heterocycles. The van der Waals surface area contributed by atoms with Crippen LogP contribution in [0.1, 0.15) is 50.8 Å². The molecule has 4 heteroatoms. The molecule has 2 unspecified atom stereocenters. The van der Waals surface area contributed by atoms with E-state index in [1.165, 1.54) is 55.8 Å². The summed E-state index contributed by atoms with van der Waals surface area (Å²) in [7, 11) is 0. The first-order valence-electron chi connectivity index (χ1n) is 7.67. The maximum absolute atomic E-state index is 4.41. The van der Waals surface area contributed by atoms with Gasteiger partial charge in [-0.05, 0) is 56.5 Å². The molecule has 2 atom stereocenters. The molecule has 2 fully saturated rings. The predicted molar refractivity (Wildman–Crippen MR) is 81.5 cm³/mol. The van der Waals surface area contributed by atoms with Crippen molar-refractivity contribution in [2.45, 2.75) is 57.7 Å². The van der Waals surface area contributed by atoms with Crippen molar-refractivity contribution in [2.24, 2.45) is 5.92 Å². The molecule has 0 aromatic carbocycles. The Balaban J connectivity index is 1.67. The Morgan fingerprint density at radius 1 is 1.32 bits per heavy atom. The van der Waals surface area contributed by atoms with Gasteiger partial charge in [-0.2, -0.15) is 11.8 Å². The van der Waals surface area contributed by atoms with Crippen molar-refractivity contribution in [1.29, 1.82) is 0 Å². The summed E-state index contributed by atoms with van der Waals surface area (Å²) in [6, 6.07) is 1.16. The summed E-state index contributed by atoms with van der Waals surface area (Å²) in [5, 5.41) is 3.73. The summed E-state index contributed by atoms with van der Waals surface area (Å²) in [5.74, 6) is 3.54. The van der Waals surface area contributed by atoms with Gasteiger partial charge in [0.15, 0.2) is 0 Å². The van der Waals surface area contributed by atoms with Gasteiger partial charge in [0.2, 0.25) is 0 Å². The summed E-state index contributed by atoms with van der Waals surface area (Å²) >= 11 is 2.11. The van der Waals surface area contributed by atoms with Crippen LogP contribution in [-0.4, -0.2) is 27.1 Å². The van der Waals surface area contributed by atoms with Crippen LogP contribution in [0.4, 0.5) is 0 Å². The lowest BCUT2D eigenvalue weighted by atomic mass is 9.97. The molecule has 1 aromatic heterocycles. The minimum atomic E-state index is 0.518. The highest BCUT2D eigenvalue weighted by Gasteiger charge is 2.23. The zero-order valence-corrected chi connectivity index (χ0v) is 12.7. The average molecular weight is 279 g/mol. The molecule has 2 saturated heterocycles. The molecule has 1 aromatic rings. The summed E-state index contributed by atoms with van der Waals surface area (Å²) in [5.41, 5.74) is 1.41. The van der Waals surface area contributed by atoms with Gasteiger partial charge in [0.25, 0.3) is 0 Å². The second-order valence-electron chi connectivity index (χ2n) is 6.08. The number of nitrogens with one attached hydrogen (secondary N) is 1. The van der Waals surface area contributed by atoms with Crippen molar-refractivity contribution >= 4 is 11.8 Å². The highest BCUT2D eigenvalue weighted by Crippen LogP contribution is 2.28. The molecule has 0 spiro atoms. The van der Waals surface area contributed by atoms with Crippen LogP contribution in [0, 0.1) is 5.92 Å². The Morgan fingerprint density at radius 3 is 2.95 bits per heavy atom. The third-order valence-corrected chi connectivity index (χ3v) is 5.56. The van der Waals surface area contributed by atoms with Crippen LogP contribution in [0.2, 0.25) is 0 Å². The Kier molecular flexibility index (Phi) is 4.49. The van der Waals surface area contributed by atoms with E-state index in [0.29, 0.717) is 12.1 Å². The molecule has 19 heavy (non-hydrogen) atoms. The Labute approximate surface area is 120 Å². The number of imidazole rings is 1. The van der Waals surface area contributed by atoms with Crippen molar-refractivity contribution in [3.8, 4) is 0 Å². The minimum Gasteiger partial charge on any atom is -0.333 e. The first-order valence-corrected chi connectivity index (χ1v) is 8.82. The van der Waals surface area contributed by atoms with Crippen molar-refractivity contribution in [1.82, 2.24) is 14.9 Å². The number of nitrogens with zero attached hydrogens (tertiary/aromatic N) is 2. The van der Waals surface area contributed by atoms with Gasteiger partial charge in [-0.1, -0.05) is 0 Å². The lowest BCUT2D eigenvalue weighted by molar-refractivity contribution is 0.320. The minimum absolute atomic E-state index is 0.518. The third kappa shape index (κ3) is 3.34. The monoisotopic (exact) mass is 279 g/mol. The number of piperidine rings is 1. The molecule has 0 bridgehead atoms. The van der Waals surface area contributed by atoms with E-state index in [2.05, 4.69) is 39.8 Å². The molecule has 3 rings (SSSR count). The summed E-state index contributed by atoms with van der Waals surface area (Å²) in [6.45, 7) is 3.47. The largest absolute Gasteiger partial charge is 0.333 e. The first kappa shape index (κ1) is 13.5. The molecule has 1 N–H and O–H groups in total.